The molecule has 0 radical (unpaired) electrons. The lowest BCUT2D eigenvalue weighted by Gasteiger charge is -2.09. The van der Waals surface area contributed by atoms with Gasteiger partial charge in [-0.05, 0) is 17.5 Å². The van der Waals surface area contributed by atoms with Crippen LogP contribution in [0.25, 0.3) is 10.8 Å². The zero-order valence-corrected chi connectivity index (χ0v) is 9.14. The monoisotopic (exact) mass is 228 g/mol. The van der Waals surface area contributed by atoms with E-state index >= 15 is 0 Å². The van der Waals surface area contributed by atoms with Crippen molar-refractivity contribution < 1.29 is 9.53 Å². The number of primary amides is 1. The molecule has 1 amide bonds. The van der Waals surface area contributed by atoms with Gasteiger partial charge < -0.3 is 15.9 Å². The Hall–Kier alpha value is -2.36. The van der Waals surface area contributed by atoms with Crippen LogP contribution in [-0.4, -0.2) is 18.7 Å². The Morgan fingerprint density at radius 3 is 2.59 bits per heavy atom. The molecule has 0 bridgehead atoms. The van der Waals surface area contributed by atoms with Gasteiger partial charge in [0.1, 0.15) is 5.75 Å². The number of fused-ring (bicyclic) bond motifs is 1. The van der Waals surface area contributed by atoms with E-state index in [1.807, 2.05) is 24.3 Å². The minimum atomic E-state index is -0.509. The van der Waals surface area contributed by atoms with E-state index < -0.39 is 5.91 Å². The average molecular weight is 228 g/mol. The molecule has 0 aliphatic rings. The molecule has 0 atom stereocenters. The number of hydrogen-bond acceptors (Lipinski definition) is 3. The van der Waals surface area contributed by atoms with E-state index in [0.717, 1.165) is 16.3 Å². The molecule has 0 unspecified atom stereocenters. The number of carbonyl (C=O) groups excluding carboxylic acids is 1. The lowest BCUT2D eigenvalue weighted by atomic mass is 10.0. The van der Waals surface area contributed by atoms with Gasteiger partial charge in [-0.25, -0.2) is 0 Å². The second kappa shape index (κ2) is 4.65. The first-order chi connectivity index (χ1) is 8.22. The smallest absolute Gasteiger partial charge is 0.255 e. The highest BCUT2D eigenvalue weighted by Gasteiger charge is 2.06. The van der Waals surface area contributed by atoms with E-state index in [1.54, 1.807) is 12.1 Å². The molecule has 0 saturated heterocycles. The van der Waals surface area contributed by atoms with Crippen LogP contribution in [0.4, 0.5) is 0 Å². The van der Waals surface area contributed by atoms with Crippen LogP contribution in [0.15, 0.2) is 36.4 Å². The first kappa shape index (κ1) is 11.1. The van der Waals surface area contributed by atoms with E-state index in [4.69, 9.17) is 15.9 Å². The van der Waals surface area contributed by atoms with Crippen molar-refractivity contribution in [2.75, 3.05) is 6.61 Å². The molecule has 0 heterocycles. The van der Waals surface area contributed by atoms with Crippen LogP contribution in [0.3, 0.4) is 0 Å². The minimum absolute atomic E-state index is 0.145. The van der Waals surface area contributed by atoms with Gasteiger partial charge in [0.25, 0.3) is 5.91 Å². The molecule has 0 aliphatic heterocycles. The lowest BCUT2D eigenvalue weighted by Crippen LogP contribution is -2.20. The van der Waals surface area contributed by atoms with Gasteiger partial charge in [-0.2, -0.15) is 0 Å². The predicted octanol–water partition coefficient (Wildman–Crippen LogP) is 1.70. The van der Waals surface area contributed by atoms with Gasteiger partial charge in [-0.1, -0.05) is 24.3 Å². The molecule has 0 saturated carbocycles. The Labute approximate surface area is 98.5 Å². The summed E-state index contributed by atoms with van der Waals surface area (Å²) in [4.78, 5) is 10.7. The molecule has 17 heavy (non-hydrogen) atoms. The molecule has 0 aromatic heterocycles. The van der Waals surface area contributed by atoms with E-state index in [9.17, 15) is 4.79 Å². The summed E-state index contributed by atoms with van der Waals surface area (Å²) in [7, 11) is 0. The number of carbonyl (C=O) groups is 1. The number of benzene rings is 2. The maximum atomic E-state index is 10.7. The highest BCUT2D eigenvalue weighted by Crippen LogP contribution is 2.27. The van der Waals surface area contributed by atoms with E-state index in [1.165, 1.54) is 6.21 Å². The summed E-state index contributed by atoms with van der Waals surface area (Å²) < 4.78 is 5.33. The molecule has 2 rings (SSSR count). The molecule has 86 valence electrons. The molecular formula is C13H12N2O2. The zero-order valence-electron chi connectivity index (χ0n) is 9.14. The number of amides is 1. The van der Waals surface area contributed by atoms with Crippen molar-refractivity contribution in [1.29, 1.82) is 5.41 Å². The quantitative estimate of drug-likeness (QED) is 0.781. The molecule has 2 aromatic rings. The van der Waals surface area contributed by atoms with Gasteiger partial charge in [-0.3, -0.25) is 4.79 Å². The zero-order chi connectivity index (χ0) is 12.3. The third-order valence-corrected chi connectivity index (χ3v) is 2.44. The minimum Gasteiger partial charge on any atom is -0.483 e. The normalized spacial score (nSPS) is 10.1. The maximum Gasteiger partial charge on any atom is 0.255 e. The Morgan fingerprint density at radius 1 is 1.24 bits per heavy atom. The van der Waals surface area contributed by atoms with Gasteiger partial charge in [0.05, 0.1) is 0 Å². The van der Waals surface area contributed by atoms with Gasteiger partial charge in [0.2, 0.25) is 0 Å². The van der Waals surface area contributed by atoms with Crippen LogP contribution >= 0.6 is 0 Å². The van der Waals surface area contributed by atoms with Crippen molar-refractivity contribution in [3.05, 3.63) is 42.0 Å². The summed E-state index contributed by atoms with van der Waals surface area (Å²) in [6, 6.07) is 11.1. The lowest BCUT2D eigenvalue weighted by molar-refractivity contribution is -0.119. The molecule has 2 aromatic carbocycles. The van der Waals surface area contributed by atoms with Crippen LogP contribution < -0.4 is 10.5 Å². The second-order valence-corrected chi connectivity index (χ2v) is 3.60. The topological polar surface area (TPSA) is 76.2 Å². The third-order valence-electron chi connectivity index (χ3n) is 2.44. The van der Waals surface area contributed by atoms with Gasteiger partial charge in [0.15, 0.2) is 6.61 Å². The second-order valence-electron chi connectivity index (χ2n) is 3.60. The van der Waals surface area contributed by atoms with Crippen LogP contribution in [0.1, 0.15) is 5.56 Å². The summed E-state index contributed by atoms with van der Waals surface area (Å²) in [6.45, 7) is -0.145. The van der Waals surface area contributed by atoms with E-state index in [0.29, 0.717) is 5.75 Å². The summed E-state index contributed by atoms with van der Waals surface area (Å²) in [5.41, 5.74) is 5.85. The summed E-state index contributed by atoms with van der Waals surface area (Å²) in [6.07, 6.45) is 1.29. The summed E-state index contributed by atoms with van der Waals surface area (Å²) in [5, 5.41) is 9.12. The van der Waals surface area contributed by atoms with E-state index in [-0.39, 0.29) is 6.61 Å². The van der Waals surface area contributed by atoms with Crippen LogP contribution in [0, 0.1) is 5.41 Å². The number of hydrogen-bond donors (Lipinski definition) is 2. The van der Waals surface area contributed by atoms with Crippen LogP contribution in [0.5, 0.6) is 5.75 Å². The molecule has 0 spiro atoms. The fourth-order valence-electron chi connectivity index (χ4n) is 1.70. The molecule has 0 fully saturated rings. The van der Waals surface area contributed by atoms with Crippen molar-refractivity contribution >= 4 is 22.9 Å². The molecule has 3 N–H and O–H groups in total. The van der Waals surface area contributed by atoms with Crippen molar-refractivity contribution in [1.82, 2.24) is 0 Å². The molecular weight excluding hydrogens is 216 g/mol. The van der Waals surface area contributed by atoms with Crippen molar-refractivity contribution in [3.63, 3.8) is 0 Å². The molecule has 0 aliphatic carbocycles. The van der Waals surface area contributed by atoms with Crippen molar-refractivity contribution in [2.24, 2.45) is 5.73 Å². The van der Waals surface area contributed by atoms with Crippen molar-refractivity contribution in [3.8, 4) is 5.75 Å². The van der Waals surface area contributed by atoms with Crippen molar-refractivity contribution in [2.45, 2.75) is 0 Å². The highest BCUT2D eigenvalue weighted by molar-refractivity contribution is 6.01. The highest BCUT2D eigenvalue weighted by atomic mass is 16.5. The van der Waals surface area contributed by atoms with Gasteiger partial charge in [0, 0.05) is 17.2 Å². The Kier molecular flexibility index (Phi) is 3.05. The summed E-state index contributed by atoms with van der Waals surface area (Å²) in [5.74, 6) is 0.0928. The number of nitrogens with two attached hydrogens (primary N) is 1. The molecule has 4 heteroatoms. The van der Waals surface area contributed by atoms with Crippen LogP contribution in [-0.2, 0) is 4.79 Å². The van der Waals surface area contributed by atoms with Gasteiger partial charge in [-0.15, -0.1) is 0 Å². The average Bonchev–Trinajstić information content (AvgIpc) is 2.35. The standard InChI is InChI=1S/C13H12N2O2/c14-7-9-5-6-12(17-8-13(15)16)11-4-2-1-3-10(9)11/h1-7,14H,8H2,(H2,15,16). The number of rotatable bonds is 4. The number of nitrogens with one attached hydrogen (secondary N) is 1. The van der Waals surface area contributed by atoms with E-state index in [2.05, 4.69) is 0 Å². The first-order valence-corrected chi connectivity index (χ1v) is 5.15. The maximum absolute atomic E-state index is 10.7. The Morgan fingerprint density at radius 2 is 1.94 bits per heavy atom. The fraction of sp³-hybridized carbons (Fsp3) is 0.0769. The first-order valence-electron chi connectivity index (χ1n) is 5.15. The molecule has 4 nitrogen and oxygen atoms in total. The van der Waals surface area contributed by atoms with Gasteiger partial charge >= 0.3 is 0 Å². The Balaban J connectivity index is 2.50. The van der Waals surface area contributed by atoms with Crippen LogP contribution in [0.2, 0.25) is 0 Å². The third kappa shape index (κ3) is 2.25. The largest absolute Gasteiger partial charge is 0.483 e. The SMILES string of the molecule is N=Cc1ccc(OCC(N)=O)c2ccccc12. The fourth-order valence-corrected chi connectivity index (χ4v) is 1.70. The summed E-state index contributed by atoms with van der Waals surface area (Å²) >= 11 is 0. The number of ether oxygens (including phenoxy) is 1. The predicted molar refractivity (Wildman–Crippen MR) is 66.5 cm³/mol. The Bertz CT molecular complexity index is 579.